The maximum Gasteiger partial charge on any atom is 0.247 e. The van der Waals surface area contributed by atoms with E-state index in [1.165, 1.54) is 11.2 Å². The number of hydrogen-bond acceptors (Lipinski definition) is 9. The Labute approximate surface area is 283 Å². The van der Waals surface area contributed by atoms with E-state index in [4.69, 9.17) is 32.9 Å². The molecule has 2 amide bonds. The van der Waals surface area contributed by atoms with Gasteiger partial charge >= 0.3 is 0 Å². The minimum Gasteiger partial charge on any atom is -0.403 e. The van der Waals surface area contributed by atoms with Crippen LogP contribution in [-0.4, -0.2) is 50.4 Å². The molecule has 2 aliphatic heterocycles. The summed E-state index contributed by atoms with van der Waals surface area (Å²) in [7, 11) is 1.68. The van der Waals surface area contributed by atoms with E-state index in [0.717, 1.165) is 40.3 Å². The van der Waals surface area contributed by atoms with Gasteiger partial charge in [0.05, 0.1) is 41.6 Å². The molecule has 0 spiro atoms. The summed E-state index contributed by atoms with van der Waals surface area (Å²) in [6.07, 6.45) is 10.6. The summed E-state index contributed by atoms with van der Waals surface area (Å²) < 4.78 is 7.61. The van der Waals surface area contributed by atoms with E-state index >= 15 is 0 Å². The van der Waals surface area contributed by atoms with Crippen molar-refractivity contribution in [1.82, 2.24) is 19.7 Å². The SMILES string of the molecule is C[C@@H]1CCC[C@H](N2CCC(c3cc(Cl)ccc3N(N)/C=C\N)=CC2=O)c2cc(ccn2)-c2c(cnn2COCCSI)NC1=O. The quantitative estimate of drug-likeness (QED) is 0.105. The second kappa shape index (κ2) is 15.5. The Bertz CT molecular complexity index is 1600. The highest BCUT2D eigenvalue weighted by atomic mass is 127. The van der Waals surface area contributed by atoms with Crippen LogP contribution < -0.4 is 21.9 Å². The number of pyridine rings is 1. The number of nitrogens with zero attached hydrogens (tertiary/aromatic N) is 5. The molecule has 0 saturated carbocycles. The van der Waals surface area contributed by atoms with E-state index in [-0.39, 0.29) is 30.5 Å². The topological polar surface area (TPSA) is 145 Å². The summed E-state index contributed by atoms with van der Waals surface area (Å²) in [6.45, 7) is 3.22. The number of hydrazine groups is 1. The molecule has 0 radical (unpaired) electrons. The third-order valence-corrected chi connectivity index (χ3v) is 9.86. The van der Waals surface area contributed by atoms with Gasteiger partial charge in [-0.05, 0) is 76.4 Å². The van der Waals surface area contributed by atoms with Crippen molar-refractivity contribution < 1.29 is 14.3 Å². The van der Waals surface area contributed by atoms with Crippen molar-refractivity contribution in [1.29, 1.82) is 0 Å². The molecule has 238 valence electrons. The average molecular weight is 763 g/mol. The lowest BCUT2D eigenvalue weighted by Gasteiger charge is -2.35. The fraction of sp³-hybridized carbons (Fsp3) is 0.355. The molecule has 0 fully saturated rings. The average Bonchev–Trinajstić information content (AvgIpc) is 3.43. The number of fused-ring (bicyclic) bond motifs is 4. The maximum atomic E-state index is 13.9. The van der Waals surface area contributed by atoms with Gasteiger partial charge in [-0.2, -0.15) is 5.10 Å². The van der Waals surface area contributed by atoms with E-state index in [1.54, 1.807) is 50.4 Å². The zero-order chi connectivity index (χ0) is 31.9. The van der Waals surface area contributed by atoms with Gasteiger partial charge in [0, 0.05) is 59.0 Å². The van der Waals surface area contributed by atoms with Crippen molar-refractivity contribution >= 4 is 70.5 Å². The Morgan fingerprint density at radius 1 is 1.27 bits per heavy atom. The molecule has 2 atom stereocenters. The van der Waals surface area contributed by atoms with Crippen LogP contribution in [-0.2, 0) is 21.1 Å². The Balaban J connectivity index is 1.49. The predicted molar refractivity (Wildman–Crippen MR) is 188 cm³/mol. The molecule has 2 aliphatic rings. The minimum atomic E-state index is -0.285. The molecular formula is C31H36ClIN8O3S. The van der Waals surface area contributed by atoms with E-state index in [0.29, 0.717) is 48.8 Å². The summed E-state index contributed by atoms with van der Waals surface area (Å²) in [6, 6.07) is 8.97. The van der Waals surface area contributed by atoms with Gasteiger partial charge in [-0.15, -0.1) is 0 Å². The Hall–Kier alpha value is -3.11. The number of rotatable bonds is 9. The number of aromatic nitrogens is 3. The van der Waals surface area contributed by atoms with Crippen molar-refractivity contribution in [3.05, 3.63) is 77.5 Å². The molecule has 0 saturated heterocycles. The summed E-state index contributed by atoms with van der Waals surface area (Å²) in [4.78, 5) is 33.7. The van der Waals surface area contributed by atoms with E-state index in [1.807, 2.05) is 30.0 Å². The molecular weight excluding hydrogens is 727 g/mol. The second-order valence-electron chi connectivity index (χ2n) is 10.9. The highest BCUT2D eigenvalue weighted by Gasteiger charge is 2.31. The van der Waals surface area contributed by atoms with Gasteiger partial charge in [0.2, 0.25) is 11.8 Å². The lowest BCUT2D eigenvalue weighted by Crippen LogP contribution is -2.38. The molecule has 2 aromatic heterocycles. The first-order valence-electron chi connectivity index (χ1n) is 14.7. The standard InChI is InChI=1S/C31H36ClIN8O3S/c1-20-3-2-4-28(39-11-8-21(16-29(39)42)24-17-23(32)5-6-27(24)40(35)12-9-34)25-15-22(7-10-36-25)30-26(38-31(20)43)18-37-41(30)19-44-13-14-45-33/h5-7,9-10,12,15-18,20,28H,2-4,8,11,13-14,19,34-35H2,1H3,(H,38,43)/b12-9-/t20-,28+/m1/s1. The number of nitrogens with two attached hydrogens (primary N) is 2. The van der Waals surface area contributed by atoms with Crippen LogP contribution in [0.4, 0.5) is 11.4 Å². The van der Waals surface area contributed by atoms with Crippen molar-refractivity contribution in [2.75, 3.05) is 29.2 Å². The predicted octanol–water partition coefficient (Wildman–Crippen LogP) is 5.88. The van der Waals surface area contributed by atoms with Crippen LogP contribution in [0.5, 0.6) is 0 Å². The van der Waals surface area contributed by atoms with Gasteiger partial charge in [0.15, 0.2) is 0 Å². The molecule has 2 bridgehead atoms. The number of ether oxygens (including phenoxy) is 1. The smallest absolute Gasteiger partial charge is 0.247 e. The molecule has 0 aliphatic carbocycles. The highest BCUT2D eigenvalue weighted by Crippen LogP contribution is 2.38. The van der Waals surface area contributed by atoms with E-state index in [9.17, 15) is 9.59 Å². The van der Waals surface area contributed by atoms with Gasteiger partial charge in [-0.25, -0.2) is 10.5 Å². The van der Waals surface area contributed by atoms with Crippen LogP contribution in [0, 0.1) is 5.92 Å². The zero-order valence-corrected chi connectivity index (χ0v) is 28.6. The Kier molecular flexibility index (Phi) is 11.4. The Morgan fingerprint density at radius 3 is 2.89 bits per heavy atom. The lowest BCUT2D eigenvalue weighted by atomic mass is 9.93. The van der Waals surface area contributed by atoms with Crippen LogP contribution in [0.15, 0.2) is 61.2 Å². The monoisotopic (exact) mass is 762 g/mol. The van der Waals surface area contributed by atoms with Crippen LogP contribution in [0.2, 0.25) is 5.02 Å². The number of hydrogen-bond donors (Lipinski definition) is 3. The first-order chi connectivity index (χ1) is 21.8. The van der Waals surface area contributed by atoms with Gasteiger partial charge in [-0.1, -0.05) is 33.9 Å². The van der Waals surface area contributed by atoms with Gasteiger partial charge in [0.1, 0.15) is 6.73 Å². The number of anilines is 2. The number of halogens is 2. The third kappa shape index (κ3) is 7.83. The number of nitrogens with one attached hydrogen (secondary N) is 1. The van der Waals surface area contributed by atoms with Crippen LogP contribution in [0.1, 0.15) is 49.9 Å². The molecule has 11 nitrogen and oxygen atoms in total. The van der Waals surface area contributed by atoms with Crippen molar-refractivity contribution in [3.63, 3.8) is 0 Å². The number of benzene rings is 1. The molecule has 5 N–H and O–H groups in total. The number of amides is 2. The van der Waals surface area contributed by atoms with Crippen molar-refractivity contribution in [2.24, 2.45) is 17.5 Å². The number of carbonyl (C=O) groups is 2. The first-order valence-corrected chi connectivity index (χ1v) is 18.6. The third-order valence-electron chi connectivity index (χ3n) is 7.98. The molecule has 14 heteroatoms. The second-order valence-corrected chi connectivity index (χ2v) is 13.9. The van der Waals surface area contributed by atoms with E-state index < -0.39 is 0 Å². The normalized spacial score (nSPS) is 19.0. The van der Waals surface area contributed by atoms with Crippen molar-refractivity contribution in [3.8, 4) is 11.3 Å². The molecule has 4 heterocycles. The molecule has 3 aromatic rings. The van der Waals surface area contributed by atoms with E-state index in [2.05, 4.69) is 31.6 Å². The molecule has 45 heavy (non-hydrogen) atoms. The minimum absolute atomic E-state index is 0.0678. The van der Waals surface area contributed by atoms with Crippen LogP contribution in [0.25, 0.3) is 16.8 Å². The first kappa shape index (κ1) is 33.3. The summed E-state index contributed by atoms with van der Waals surface area (Å²) in [5.74, 6) is 6.65. The maximum absolute atomic E-state index is 13.9. The van der Waals surface area contributed by atoms with Crippen LogP contribution in [0.3, 0.4) is 0 Å². The molecule has 1 aromatic carbocycles. The Morgan fingerprint density at radius 2 is 2.11 bits per heavy atom. The zero-order valence-electron chi connectivity index (χ0n) is 24.9. The largest absolute Gasteiger partial charge is 0.403 e. The summed E-state index contributed by atoms with van der Waals surface area (Å²) in [5.41, 5.74) is 10.8. The fourth-order valence-electron chi connectivity index (χ4n) is 5.71. The molecule has 0 unspecified atom stereocenters. The number of carbonyl (C=O) groups excluding carboxylic acids is 2. The van der Waals surface area contributed by atoms with Gasteiger partial charge in [0.25, 0.3) is 0 Å². The van der Waals surface area contributed by atoms with Gasteiger partial charge in [-0.3, -0.25) is 19.6 Å². The lowest BCUT2D eigenvalue weighted by molar-refractivity contribution is -0.129. The summed E-state index contributed by atoms with van der Waals surface area (Å²) in [5, 5.41) is 9.57. The summed E-state index contributed by atoms with van der Waals surface area (Å²) >= 11 is 8.60. The highest BCUT2D eigenvalue weighted by molar-refractivity contribution is 14.2. The molecule has 5 rings (SSSR count). The van der Waals surface area contributed by atoms with Crippen LogP contribution >= 0.6 is 41.7 Å². The van der Waals surface area contributed by atoms with Crippen molar-refractivity contribution in [2.45, 2.75) is 45.4 Å². The van der Waals surface area contributed by atoms with Gasteiger partial charge < -0.3 is 20.7 Å². The fourth-order valence-corrected chi connectivity index (χ4v) is 6.60.